The molecular weight excluding hydrogens is 515 g/mol. The monoisotopic (exact) mass is 556 g/mol. The van der Waals surface area contributed by atoms with E-state index in [4.69, 9.17) is 22.1 Å². The molecule has 2 heterocycles. The number of nitrogens with zero attached hydrogens (tertiary/aromatic N) is 1. The van der Waals surface area contributed by atoms with E-state index in [0.717, 1.165) is 12.8 Å². The third-order valence-electron chi connectivity index (χ3n) is 6.41. The van der Waals surface area contributed by atoms with Crippen LogP contribution in [0.1, 0.15) is 71.2 Å². The summed E-state index contributed by atoms with van der Waals surface area (Å²) in [4.78, 5) is 47.7. The molecule has 0 saturated carbocycles. The number of amides is 3. The number of carbonyl (C=O) groups excluding carboxylic acids is 4. The van der Waals surface area contributed by atoms with Crippen molar-refractivity contribution in [3.63, 3.8) is 0 Å². The van der Waals surface area contributed by atoms with Crippen LogP contribution >= 0.6 is 20.8 Å². The second kappa shape index (κ2) is 15.8. The zero-order chi connectivity index (χ0) is 28.3. The van der Waals surface area contributed by atoms with Gasteiger partial charge in [0, 0.05) is 18.2 Å². The van der Waals surface area contributed by atoms with Crippen LogP contribution in [0, 0.1) is 5.92 Å². The fourth-order valence-electron chi connectivity index (χ4n) is 4.20. The van der Waals surface area contributed by atoms with Crippen molar-refractivity contribution in [2.75, 3.05) is 12.3 Å². The van der Waals surface area contributed by atoms with E-state index < -0.39 is 6.04 Å². The van der Waals surface area contributed by atoms with Crippen molar-refractivity contribution in [2.24, 2.45) is 5.92 Å². The molecule has 0 aromatic heterocycles. The molecule has 0 radical (unpaired) electrons. The number of carbonyl (C=O) groups is 4. The Bertz CT molecular complexity index is 934. The van der Waals surface area contributed by atoms with E-state index in [1.807, 2.05) is 39.5 Å². The summed E-state index contributed by atoms with van der Waals surface area (Å²) in [6, 6.07) is 4.14. The summed E-state index contributed by atoms with van der Waals surface area (Å²) in [5.74, 6) is -0.321. The minimum Gasteiger partial charge on any atom is -0.460 e. The summed E-state index contributed by atoms with van der Waals surface area (Å²) < 4.78 is 5.12. The van der Waals surface area contributed by atoms with Crippen LogP contribution in [-0.4, -0.2) is 65.5 Å². The number of nitrogens with two attached hydrogens (primary N) is 1. The van der Waals surface area contributed by atoms with E-state index in [2.05, 4.69) is 19.9 Å². The number of esters is 1. The molecule has 2 aliphatic rings. The van der Waals surface area contributed by atoms with Crippen molar-refractivity contribution in [1.82, 2.24) is 15.5 Å². The molecule has 1 aromatic rings. The summed E-state index contributed by atoms with van der Waals surface area (Å²) in [6.07, 6.45) is 2.68. The van der Waals surface area contributed by atoms with E-state index in [0.29, 0.717) is 47.2 Å². The van der Waals surface area contributed by atoms with Gasteiger partial charge in [0.25, 0.3) is 5.91 Å². The third-order valence-corrected chi connectivity index (χ3v) is 7.22. The quantitative estimate of drug-likeness (QED) is 0.204. The maximum absolute atomic E-state index is 12.4. The van der Waals surface area contributed by atoms with Crippen LogP contribution in [0.5, 0.6) is 0 Å². The van der Waals surface area contributed by atoms with Crippen LogP contribution in [0.25, 0.3) is 0 Å². The van der Waals surface area contributed by atoms with Crippen LogP contribution < -0.4 is 16.4 Å². The largest absolute Gasteiger partial charge is 0.460 e. The Hall–Kier alpha value is -2.38. The molecule has 9 nitrogen and oxygen atoms in total. The van der Waals surface area contributed by atoms with Crippen LogP contribution in [0.3, 0.4) is 0 Å². The van der Waals surface area contributed by atoms with Gasteiger partial charge in [0.1, 0.15) is 12.1 Å². The number of benzene rings is 1. The average Bonchev–Trinajstić information content (AvgIpc) is 3.41. The van der Waals surface area contributed by atoms with Gasteiger partial charge in [-0.25, -0.2) is 0 Å². The zero-order valence-corrected chi connectivity index (χ0v) is 24.5. The minimum absolute atomic E-state index is 0.0626. The SMILES string of the molecule is CC.CC(NC(=O)c1ccc(N)c(Cl)c1)C(=O)N1CC(P)CC1C.CCC(C)C1OC(=O)CC1NC=O. The first-order valence-electron chi connectivity index (χ1n) is 12.8. The number of hydrogen-bond donors (Lipinski definition) is 3. The van der Waals surface area contributed by atoms with Crippen molar-refractivity contribution >= 4 is 50.7 Å². The molecule has 2 saturated heterocycles. The van der Waals surface area contributed by atoms with Gasteiger partial charge in [0.15, 0.2) is 0 Å². The summed E-state index contributed by atoms with van der Waals surface area (Å²) in [5, 5.41) is 5.66. The van der Waals surface area contributed by atoms with Crippen molar-refractivity contribution in [2.45, 2.75) is 90.7 Å². The number of likely N-dealkylation sites (tertiary alicyclic amines) is 1. The molecule has 3 amide bonds. The Labute approximate surface area is 227 Å². The summed E-state index contributed by atoms with van der Waals surface area (Å²) in [5.41, 5.74) is 6.84. The number of cyclic esters (lactones) is 1. The lowest BCUT2D eigenvalue weighted by molar-refractivity contribution is -0.143. The molecule has 2 aliphatic heterocycles. The molecule has 2 fully saturated rings. The molecule has 37 heavy (non-hydrogen) atoms. The van der Waals surface area contributed by atoms with E-state index in [1.165, 1.54) is 6.07 Å². The fourth-order valence-corrected chi connectivity index (χ4v) is 5.00. The van der Waals surface area contributed by atoms with Crippen LogP contribution in [0.4, 0.5) is 5.69 Å². The number of hydrogen-bond acceptors (Lipinski definition) is 6. The van der Waals surface area contributed by atoms with Gasteiger partial charge in [-0.2, -0.15) is 0 Å². The number of anilines is 1. The minimum atomic E-state index is -0.582. The molecule has 0 aliphatic carbocycles. The van der Waals surface area contributed by atoms with Crippen LogP contribution in [0.15, 0.2) is 18.2 Å². The molecule has 7 atom stereocenters. The van der Waals surface area contributed by atoms with E-state index in [-0.39, 0.29) is 36.0 Å². The molecule has 208 valence electrons. The maximum Gasteiger partial charge on any atom is 0.308 e. The van der Waals surface area contributed by atoms with Gasteiger partial charge in [-0.1, -0.05) is 39.3 Å². The van der Waals surface area contributed by atoms with Gasteiger partial charge >= 0.3 is 5.97 Å². The lowest BCUT2D eigenvalue weighted by Gasteiger charge is -2.25. The number of rotatable bonds is 7. The smallest absolute Gasteiger partial charge is 0.308 e. The van der Waals surface area contributed by atoms with Crippen LogP contribution in [0.2, 0.25) is 5.02 Å². The van der Waals surface area contributed by atoms with E-state index >= 15 is 0 Å². The lowest BCUT2D eigenvalue weighted by Crippen LogP contribution is -2.48. The second-order valence-corrected chi connectivity index (χ2v) is 10.6. The average molecular weight is 557 g/mol. The molecule has 11 heteroatoms. The highest BCUT2D eigenvalue weighted by Crippen LogP contribution is 2.25. The third kappa shape index (κ3) is 9.46. The fraction of sp³-hybridized carbons (Fsp3) is 0.615. The van der Waals surface area contributed by atoms with Crippen molar-refractivity contribution in [3.8, 4) is 0 Å². The highest BCUT2D eigenvalue weighted by atomic mass is 35.5. The van der Waals surface area contributed by atoms with Crippen molar-refractivity contribution in [3.05, 3.63) is 28.8 Å². The predicted molar refractivity (Wildman–Crippen MR) is 150 cm³/mol. The lowest BCUT2D eigenvalue weighted by atomic mass is 9.96. The Balaban J connectivity index is 0.000000389. The van der Waals surface area contributed by atoms with Gasteiger partial charge in [-0.3, -0.25) is 19.2 Å². The van der Waals surface area contributed by atoms with Gasteiger partial charge < -0.3 is 26.0 Å². The Morgan fingerprint density at radius 3 is 2.49 bits per heavy atom. The normalized spacial score (nSPS) is 23.9. The standard InChI is InChI=1S/C15H21ClN3O2P.C9H15NO3.C2H6/c1-8-5-11(22)7-19(8)15(21)9(2)18-14(20)10-3-4-13(17)12(16)6-10;1-3-6(2)9-7(10-5-11)4-8(12)13-9;1-2/h3-4,6,8-9,11H,5,7,17,22H2,1-2H3,(H,18,20);5-7,9H,3-4H2,1-2H3,(H,10,11);1-2H3. The van der Waals surface area contributed by atoms with Gasteiger partial charge in [0.2, 0.25) is 12.3 Å². The molecular formula is C26H42ClN4O5P. The summed E-state index contributed by atoms with van der Waals surface area (Å²) in [7, 11) is 2.75. The molecule has 1 aromatic carbocycles. The number of nitrogen functional groups attached to an aromatic ring is 1. The molecule has 0 spiro atoms. The highest BCUT2D eigenvalue weighted by molar-refractivity contribution is 7.17. The molecule has 4 N–H and O–H groups in total. The van der Waals surface area contributed by atoms with Crippen LogP contribution in [-0.2, 0) is 19.1 Å². The zero-order valence-electron chi connectivity index (χ0n) is 22.6. The summed E-state index contributed by atoms with van der Waals surface area (Å²) in [6.45, 7) is 12.5. The Morgan fingerprint density at radius 2 is 1.97 bits per heavy atom. The van der Waals surface area contributed by atoms with Gasteiger partial charge in [0.05, 0.1) is 23.2 Å². The first kappa shape index (κ1) is 32.6. The predicted octanol–water partition coefficient (Wildman–Crippen LogP) is 3.39. The number of ether oxygens (including phenoxy) is 1. The van der Waals surface area contributed by atoms with Crippen molar-refractivity contribution in [1.29, 1.82) is 0 Å². The topological polar surface area (TPSA) is 131 Å². The molecule has 0 bridgehead atoms. The summed E-state index contributed by atoms with van der Waals surface area (Å²) >= 11 is 5.91. The van der Waals surface area contributed by atoms with E-state index in [9.17, 15) is 19.2 Å². The van der Waals surface area contributed by atoms with Gasteiger partial charge in [-0.05, 0) is 56.5 Å². The Morgan fingerprint density at radius 1 is 1.32 bits per heavy atom. The maximum atomic E-state index is 12.4. The number of nitrogens with one attached hydrogen (secondary N) is 2. The Kier molecular flexibility index (Phi) is 13.9. The first-order valence-corrected chi connectivity index (χ1v) is 13.8. The van der Waals surface area contributed by atoms with Gasteiger partial charge in [-0.15, -0.1) is 9.24 Å². The first-order chi connectivity index (χ1) is 17.5. The van der Waals surface area contributed by atoms with Crippen molar-refractivity contribution < 1.29 is 23.9 Å². The van der Waals surface area contributed by atoms with E-state index in [1.54, 1.807) is 19.1 Å². The second-order valence-electron chi connectivity index (χ2n) is 9.20. The molecule has 7 unspecified atom stereocenters. The molecule has 3 rings (SSSR count). The highest BCUT2D eigenvalue weighted by Gasteiger charge is 2.37. The number of halogens is 1.